The molecule has 31 heavy (non-hydrogen) atoms. The molecule has 0 fully saturated rings. The maximum absolute atomic E-state index is 13.6. The normalized spacial score (nSPS) is 17.6. The lowest BCUT2D eigenvalue weighted by Gasteiger charge is -2.30. The van der Waals surface area contributed by atoms with E-state index in [1.165, 1.54) is 28.8 Å². The molecule has 2 aromatic rings. The van der Waals surface area contributed by atoms with Crippen LogP contribution in [0.2, 0.25) is 0 Å². The molecule has 0 heterocycles. The van der Waals surface area contributed by atoms with Gasteiger partial charge in [-0.3, -0.25) is 4.79 Å². The van der Waals surface area contributed by atoms with Crippen molar-refractivity contribution in [3.8, 4) is 0 Å². The molecule has 4 nitrogen and oxygen atoms in total. The Balaban J connectivity index is 1.70. The Morgan fingerprint density at radius 1 is 1.13 bits per heavy atom. The Morgan fingerprint density at radius 2 is 1.87 bits per heavy atom. The van der Waals surface area contributed by atoms with E-state index >= 15 is 0 Å². The third kappa shape index (κ3) is 6.34. The number of carbonyl (C=O) groups excluding carboxylic acids is 1. The second-order valence-electron chi connectivity index (χ2n) is 8.32. The van der Waals surface area contributed by atoms with Crippen LogP contribution in [0.15, 0.2) is 36.4 Å². The first-order valence-electron chi connectivity index (χ1n) is 11.2. The topological polar surface area (TPSA) is 61.4 Å². The fraction of sp³-hybridized carbons (Fsp3) is 0.480. The van der Waals surface area contributed by atoms with Crippen molar-refractivity contribution >= 4 is 5.91 Å². The average Bonchev–Trinajstić information content (AvgIpc) is 2.75. The summed E-state index contributed by atoms with van der Waals surface area (Å²) in [5.74, 6) is -1.56. The molecule has 0 radical (unpaired) electrons. The third-order valence-electron chi connectivity index (χ3n) is 6.02. The van der Waals surface area contributed by atoms with Crippen molar-refractivity contribution in [2.45, 2.75) is 70.6 Å². The summed E-state index contributed by atoms with van der Waals surface area (Å²) in [5.41, 5.74) is 4.29. The van der Waals surface area contributed by atoms with Crippen LogP contribution in [-0.2, 0) is 24.1 Å². The highest BCUT2D eigenvalue weighted by Crippen LogP contribution is 2.30. The lowest BCUT2D eigenvalue weighted by atomic mass is 9.86. The SMILES string of the molecule is CCC(=O)N[C@@H](Cc1cc(F)cc(F)c1)[C@H](O)CNC1CCCc2ccc(CC)cc21. The minimum absolute atomic E-state index is 0.138. The van der Waals surface area contributed by atoms with Gasteiger partial charge in [-0.2, -0.15) is 0 Å². The van der Waals surface area contributed by atoms with Crippen LogP contribution in [0.4, 0.5) is 8.78 Å². The molecular formula is C25H32F2N2O2. The summed E-state index contributed by atoms with van der Waals surface area (Å²) in [6.45, 7) is 4.13. The van der Waals surface area contributed by atoms with Gasteiger partial charge in [0.15, 0.2) is 0 Å². The Kier molecular flexibility index (Phi) is 8.15. The number of hydrogen-bond donors (Lipinski definition) is 3. The van der Waals surface area contributed by atoms with Crippen LogP contribution in [0, 0.1) is 11.6 Å². The molecule has 0 spiro atoms. The smallest absolute Gasteiger partial charge is 0.220 e. The van der Waals surface area contributed by atoms with Crippen LogP contribution in [0.1, 0.15) is 61.4 Å². The van der Waals surface area contributed by atoms with Crippen molar-refractivity contribution in [1.82, 2.24) is 10.6 Å². The molecule has 1 amide bonds. The number of nitrogens with one attached hydrogen (secondary N) is 2. The molecule has 1 aliphatic rings. The maximum atomic E-state index is 13.6. The zero-order valence-corrected chi connectivity index (χ0v) is 18.3. The second kappa shape index (κ2) is 10.8. The summed E-state index contributed by atoms with van der Waals surface area (Å²) < 4.78 is 27.2. The Morgan fingerprint density at radius 3 is 2.55 bits per heavy atom. The lowest BCUT2D eigenvalue weighted by molar-refractivity contribution is -0.122. The average molecular weight is 431 g/mol. The quantitative estimate of drug-likeness (QED) is 0.564. The number of rotatable bonds is 9. The van der Waals surface area contributed by atoms with E-state index < -0.39 is 23.8 Å². The Hall–Kier alpha value is -2.31. The van der Waals surface area contributed by atoms with Crippen LogP contribution >= 0.6 is 0 Å². The molecule has 1 aliphatic carbocycles. The number of carbonyl (C=O) groups is 1. The molecule has 3 rings (SSSR count). The fourth-order valence-corrected chi connectivity index (χ4v) is 4.26. The highest BCUT2D eigenvalue weighted by Gasteiger charge is 2.25. The molecule has 2 aromatic carbocycles. The molecule has 0 aromatic heterocycles. The zero-order valence-electron chi connectivity index (χ0n) is 18.3. The zero-order chi connectivity index (χ0) is 22.4. The van der Waals surface area contributed by atoms with Gasteiger partial charge in [0.2, 0.25) is 5.91 Å². The molecular weight excluding hydrogens is 398 g/mol. The summed E-state index contributed by atoms with van der Waals surface area (Å²) in [6, 6.07) is 9.38. The number of aliphatic hydroxyl groups excluding tert-OH is 1. The van der Waals surface area contributed by atoms with E-state index in [4.69, 9.17) is 0 Å². The van der Waals surface area contributed by atoms with Gasteiger partial charge >= 0.3 is 0 Å². The first-order valence-corrected chi connectivity index (χ1v) is 11.2. The molecule has 1 unspecified atom stereocenters. The molecule has 3 N–H and O–H groups in total. The van der Waals surface area contributed by atoms with E-state index in [9.17, 15) is 18.7 Å². The Labute approximate surface area is 183 Å². The number of aliphatic hydroxyl groups is 1. The Bertz CT molecular complexity index is 883. The van der Waals surface area contributed by atoms with Crippen molar-refractivity contribution in [1.29, 1.82) is 0 Å². The van der Waals surface area contributed by atoms with Gasteiger partial charge in [0.25, 0.3) is 0 Å². The van der Waals surface area contributed by atoms with Gasteiger partial charge in [0, 0.05) is 25.1 Å². The van der Waals surface area contributed by atoms with Gasteiger partial charge in [-0.25, -0.2) is 8.78 Å². The monoisotopic (exact) mass is 430 g/mol. The standard InChI is InChI=1S/C25H32F2N2O2/c1-3-16-8-9-18-6-5-7-22(21(18)12-16)28-15-24(30)23(29-25(31)4-2)13-17-10-19(26)14-20(27)11-17/h8-12,14,22-24,28,30H,3-7,13,15H2,1-2H3,(H,29,31)/t22?,23-,24+/m0/s1. The van der Waals surface area contributed by atoms with Crippen molar-refractivity contribution in [2.24, 2.45) is 0 Å². The molecule has 0 saturated heterocycles. The third-order valence-corrected chi connectivity index (χ3v) is 6.02. The molecule has 0 bridgehead atoms. The van der Waals surface area contributed by atoms with Crippen molar-refractivity contribution in [3.63, 3.8) is 0 Å². The summed E-state index contributed by atoms with van der Waals surface area (Å²) >= 11 is 0. The van der Waals surface area contributed by atoms with Crippen LogP contribution in [0.3, 0.4) is 0 Å². The van der Waals surface area contributed by atoms with Crippen molar-refractivity contribution in [2.75, 3.05) is 6.54 Å². The van der Waals surface area contributed by atoms with Crippen molar-refractivity contribution < 1.29 is 18.7 Å². The van der Waals surface area contributed by atoms with Gasteiger partial charge < -0.3 is 15.7 Å². The van der Waals surface area contributed by atoms with Crippen molar-refractivity contribution in [3.05, 3.63) is 70.3 Å². The highest BCUT2D eigenvalue weighted by atomic mass is 19.1. The minimum atomic E-state index is -0.901. The predicted octanol–water partition coefficient (Wildman–Crippen LogP) is 3.99. The van der Waals surface area contributed by atoms with Gasteiger partial charge in [0.05, 0.1) is 12.1 Å². The molecule has 6 heteroatoms. The predicted molar refractivity (Wildman–Crippen MR) is 118 cm³/mol. The van der Waals surface area contributed by atoms with Gasteiger partial charge in [-0.15, -0.1) is 0 Å². The number of amides is 1. The molecule has 3 atom stereocenters. The first-order chi connectivity index (χ1) is 14.9. The fourth-order valence-electron chi connectivity index (χ4n) is 4.26. The van der Waals surface area contributed by atoms with E-state index in [-0.39, 0.29) is 31.3 Å². The number of aryl methyl sites for hydroxylation is 2. The summed E-state index contributed by atoms with van der Waals surface area (Å²) in [6.07, 6.45) is 3.59. The van der Waals surface area contributed by atoms with Crippen LogP contribution in [0.5, 0.6) is 0 Å². The van der Waals surface area contributed by atoms with E-state index in [1.807, 2.05) is 0 Å². The van der Waals surface area contributed by atoms with E-state index in [0.29, 0.717) is 5.56 Å². The number of hydrogen-bond acceptors (Lipinski definition) is 3. The van der Waals surface area contributed by atoms with E-state index in [0.717, 1.165) is 31.7 Å². The number of fused-ring (bicyclic) bond motifs is 1. The summed E-state index contributed by atoms with van der Waals surface area (Å²) in [5, 5.41) is 17.1. The van der Waals surface area contributed by atoms with Gasteiger partial charge in [-0.05, 0) is 66.5 Å². The minimum Gasteiger partial charge on any atom is -0.390 e. The lowest BCUT2D eigenvalue weighted by Crippen LogP contribution is -2.49. The summed E-state index contributed by atoms with van der Waals surface area (Å²) in [7, 11) is 0. The molecule has 0 saturated carbocycles. The van der Waals surface area contributed by atoms with E-state index in [2.05, 4.69) is 35.8 Å². The van der Waals surface area contributed by atoms with Gasteiger partial charge in [0.1, 0.15) is 11.6 Å². The highest BCUT2D eigenvalue weighted by molar-refractivity contribution is 5.75. The van der Waals surface area contributed by atoms with Crippen LogP contribution < -0.4 is 10.6 Å². The largest absolute Gasteiger partial charge is 0.390 e. The van der Waals surface area contributed by atoms with Crippen LogP contribution in [0.25, 0.3) is 0 Å². The van der Waals surface area contributed by atoms with Crippen LogP contribution in [-0.4, -0.2) is 29.7 Å². The second-order valence-corrected chi connectivity index (χ2v) is 8.32. The molecule has 0 aliphatic heterocycles. The van der Waals surface area contributed by atoms with E-state index in [1.54, 1.807) is 6.92 Å². The first kappa shape index (κ1) is 23.4. The number of halogens is 2. The summed E-state index contributed by atoms with van der Waals surface area (Å²) in [4.78, 5) is 12.0. The maximum Gasteiger partial charge on any atom is 0.220 e. The van der Waals surface area contributed by atoms with Gasteiger partial charge in [-0.1, -0.05) is 32.0 Å². The molecule has 168 valence electrons. The number of benzene rings is 2.